The van der Waals surface area contributed by atoms with E-state index < -0.39 is 0 Å². The molecule has 3 rings (SSSR count). The van der Waals surface area contributed by atoms with Crippen LogP contribution in [0.4, 0.5) is 5.69 Å². The fraction of sp³-hybridized carbons (Fsp3) is 0.562. The lowest BCUT2D eigenvalue weighted by molar-refractivity contribution is 0.505. The van der Waals surface area contributed by atoms with Crippen molar-refractivity contribution in [2.45, 2.75) is 39.0 Å². The zero-order valence-corrected chi connectivity index (χ0v) is 12.4. The average Bonchev–Trinajstić information content (AvgIpc) is 3.07. The van der Waals surface area contributed by atoms with Gasteiger partial charge in [0.1, 0.15) is 0 Å². The Kier molecular flexibility index (Phi) is 3.25. The summed E-state index contributed by atoms with van der Waals surface area (Å²) >= 11 is 5.11. The first-order valence-corrected chi connectivity index (χ1v) is 7.62. The molecule has 2 nitrogen and oxygen atoms in total. The molecule has 3 heteroatoms. The third-order valence-corrected chi connectivity index (χ3v) is 4.63. The largest absolute Gasteiger partial charge is 0.393 e. The summed E-state index contributed by atoms with van der Waals surface area (Å²) < 4.78 is 0. The summed E-state index contributed by atoms with van der Waals surface area (Å²) in [5, 5.41) is 0. The van der Waals surface area contributed by atoms with Crippen LogP contribution >= 0.6 is 12.2 Å². The number of nitrogens with two attached hydrogens (primary N) is 1. The summed E-state index contributed by atoms with van der Waals surface area (Å²) in [5.74, 6) is 0. The Balaban J connectivity index is 1.79. The summed E-state index contributed by atoms with van der Waals surface area (Å²) in [6.07, 6.45) is 5.96. The molecular formula is C16H22N2S. The lowest BCUT2D eigenvalue weighted by atomic mass is 9.96. The maximum absolute atomic E-state index is 5.75. The molecule has 0 aromatic heterocycles. The summed E-state index contributed by atoms with van der Waals surface area (Å²) in [7, 11) is 0. The van der Waals surface area contributed by atoms with Gasteiger partial charge in [0.05, 0.1) is 4.99 Å². The second-order valence-electron chi connectivity index (χ2n) is 6.30. The van der Waals surface area contributed by atoms with Gasteiger partial charge in [0, 0.05) is 25.2 Å². The van der Waals surface area contributed by atoms with E-state index in [1.54, 1.807) is 0 Å². The van der Waals surface area contributed by atoms with E-state index in [-0.39, 0.29) is 0 Å². The minimum atomic E-state index is 0.380. The van der Waals surface area contributed by atoms with Crippen molar-refractivity contribution in [3.8, 4) is 0 Å². The third-order valence-electron chi connectivity index (χ3n) is 4.48. The molecule has 1 fully saturated rings. The molecule has 19 heavy (non-hydrogen) atoms. The van der Waals surface area contributed by atoms with E-state index in [0.717, 1.165) is 13.0 Å². The van der Waals surface area contributed by atoms with Crippen molar-refractivity contribution in [3.05, 3.63) is 29.3 Å². The van der Waals surface area contributed by atoms with Gasteiger partial charge < -0.3 is 10.6 Å². The van der Waals surface area contributed by atoms with Crippen LogP contribution in [0.15, 0.2) is 18.2 Å². The Morgan fingerprint density at radius 2 is 2.21 bits per heavy atom. The van der Waals surface area contributed by atoms with Gasteiger partial charge in [0.25, 0.3) is 0 Å². The van der Waals surface area contributed by atoms with Gasteiger partial charge in [-0.25, -0.2) is 0 Å². The zero-order valence-electron chi connectivity index (χ0n) is 11.6. The van der Waals surface area contributed by atoms with Gasteiger partial charge in [0.2, 0.25) is 0 Å². The van der Waals surface area contributed by atoms with Gasteiger partial charge in [-0.1, -0.05) is 29.9 Å². The molecule has 1 aliphatic carbocycles. The zero-order chi connectivity index (χ0) is 13.5. The maximum Gasteiger partial charge on any atom is 0.0733 e. The summed E-state index contributed by atoms with van der Waals surface area (Å²) in [6.45, 7) is 4.48. The molecule has 1 aromatic carbocycles. The molecule has 0 saturated heterocycles. The highest BCUT2D eigenvalue weighted by molar-refractivity contribution is 7.80. The summed E-state index contributed by atoms with van der Waals surface area (Å²) in [4.78, 5) is 3.24. The maximum atomic E-state index is 5.75. The highest BCUT2D eigenvalue weighted by atomic mass is 32.1. The predicted molar refractivity (Wildman–Crippen MR) is 84.8 cm³/mol. The van der Waals surface area contributed by atoms with Crippen molar-refractivity contribution < 1.29 is 0 Å². The van der Waals surface area contributed by atoms with E-state index in [1.807, 2.05) is 0 Å². The van der Waals surface area contributed by atoms with E-state index in [2.05, 4.69) is 30.0 Å². The van der Waals surface area contributed by atoms with E-state index >= 15 is 0 Å². The lowest BCUT2D eigenvalue weighted by Gasteiger charge is -2.34. The second kappa shape index (κ2) is 4.78. The molecule has 2 aliphatic rings. The molecule has 1 heterocycles. The van der Waals surface area contributed by atoms with Crippen molar-refractivity contribution in [3.63, 3.8) is 0 Å². The Morgan fingerprint density at radius 3 is 2.89 bits per heavy atom. The molecule has 1 aromatic rings. The lowest BCUT2D eigenvalue weighted by Crippen LogP contribution is -2.36. The number of fused-ring (bicyclic) bond motifs is 1. The highest BCUT2D eigenvalue weighted by Crippen LogP contribution is 2.50. The first kappa shape index (κ1) is 12.9. The standard InChI is InChI=1S/C16H22N2S/c1-12-4-5-14-13(9-12)3-2-8-18(14)11-16(6-7-16)10-15(17)19/h4-5,9H,2-3,6-8,10-11H2,1H3,(H2,17,19). The normalized spacial score (nSPS) is 19.9. The van der Waals surface area contributed by atoms with Gasteiger partial charge in [-0.2, -0.15) is 0 Å². The monoisotopic (exact) mass is 274 g/mol. The van der Waals surface area contributed by atoms with Crippen LogP contribution in [0.25, 0.3) is 0 Å². The summed E-state index contributed by atoms with van der Waals surface area (Å²) in [5.41, 5.74) is 10.4. The Hall–Kier alpha value is -1.09. The molecule has 1 saturated carbocycles. The van der Waals surface area contributed by atoms with Crippen LogP contribution in [0.3, 0.4) is 0 Å². The number of hydrogen-bond acceptors (Lipinski definition) is 2. The van der Waals surface area contributed by atoms with Gasteiger partial charge >= 0.3 is 0 Å². The first-order chi connectivity index (χ1) is 9.08. The van der Waals surface area contributed by atoms with Crippen molar-refractivity contribution in [1.82, 2.24) is 0 Å². The molecule has 0 amide bonds. The number of thiocarbonyl (C=S) groups is 1. The molecule has 0 atom stereocenters. The first-order valence-electron chi connectivity index (χ1n) is 7.21. The van der Waals surface area contributed by atoms with Crippen molar-refractivity contribution in [1.29, 1.82) is 0 Å². The fourth-order valence-corrected chi connectivity index (χ4v) is 3.62. The van der Waals surface area contributed by atoms with Gasteiger partial charge in [0.15, 0.2) is 0 Å². The molecular weight excluding hydrogens is 252 g/mol. The van der Waals surface area contributed by atoms with Crippen LogP contribution in [0.1, 0.15) is 36.8 Å². The van der Waals surface area contributed by atoms with Crippen molar-refractivity contribution in [2.75, 3.05) is 18.0 Å². The second-order valence-corrected chi connectivity index (χ2v) is 6.82. The van der Waals surface area contributed by atoms with Crippen LogP contribution < -0.4 is 10.6 Å². The molecule has 2 N–H and O–H groups in total. The minimum absolute atomic E-state index is 0.380. The van der Waals surface area contributed by atoms with Crippen LogP contribution in [-0.2, 0) is 6.42 Å². The smallest absolute Gasteiger partial charge is 0.0733 e. The van der Waals surface area contributed by atoms with Crippen LogP contribution in [0, 0.1) is 12.3 Å². The van der Waals surface area contributed by atoms with Crippen LogP contribution in [0.5, 0.6) is 0 Å². The number of benzene rings is 1. The van der Waals surface area contributed by atoms with Crippen LogP contribution in [-0.4, -0.2) is 18.1 Å². The van der Waals surface area contributed by atoms with Gasteiger partial charge in [-0.3, -0.25) is 0 Å². The van der Waals surface area contributed by atoms with Gasteiger partial charge in [-0.05, 0) is 49.7 Å². The minimum Gasteiger partial charge on any atom is -0.393 e. The number of anilines is 1. The fourth-order valence-electron chi connectivity index (χ4n) is 3.31. The number of nitrogens with zero attached hydrogens (tertiary/aromatic N) is 1. The molecule has 1 aliphatic heterocycles. The molecule has 102 valence electrons. The molecule has 0 bridgehead atoms. The molecule has 0 unspecified atom stereocenters. The number of rotatable bonds is 4. The van der Waals surface area contributed by atoms with E-state index in [4.69, 9.17) is 18.0 Å². The topological polar surface area (TPSA) is 29.3 Å². The van der Waals surface area contributed by atoms with Gasteiger partial charge in [-0.15, -0.1) is 0 Å². The predicted octanol–water partition coefficient (Wildman–Crippen LogP) is 3.20. The SMILES string of the molecule is Cc1ccc2c(c1)CCCN2CC1(CC(N)=S)CC1. The van der Waals surface area contributed by atoms with E-state index in [1.165, 1.54) is 49.0 Å². The Morgan fingerprint density at radius 1 is 1.42 bits per heavy atom. The quantitative estimate of drug-likeness (QED) is 0.855. The van der Waals surface area contributed by atoms with Crippen molar-refractivity contribution in [2.24, 2.45) is 11.1 Å². The van der Waals surface area contributed by atoms with Crippen molar-refractivity contribution >= 4 is 22.9 Å². The summed E-state index contributed by atoms with van der Waals surface area (Å²) in [6, 6.07) is 6.86. The number of hydrogen-bond donors (Lipinski definition) is 1. The van der Waals surface area contributed by atoms with Crippen LogP contribution in [0.2, 0.25) is 0 Å². The average molecular weight is 274 g/mol. The molecule has 0 radical (unpaired) electrons. The van der Waals surface area contributed by atoms with E-state index in [0.29, 0.717) is 10.4 Å². The van der Waals surface area contributed by atoms with E-state index in [9.17, 15) is 0 Å². The molecule has 0 spiro atoms. The highest BCUT2D eigenvalue weighted by Gasteiger charge is 2.44. The number of aryl methyl sites for hydroxylation is 2. The Bertz CT molecular complexity index is 505. The third kappa shape index (κ3) is 2.76. The Labute approximate surface area is 121 Å².